The molecule has 6 heteroatoms. The number of aryl methyl sites for hydroxylation is 1. The summed E-state index contributed by atoms with van der Waals surface area (Å²) in [6.07, 6.45) is 0. The van der Waals surface area contributed by atoms with Gasteiger partial charge in [-0.3, -0.25) is 0 Å². The van der Waals surface area contributed by atoms with E-state index < -0.39 is 5.97 Å². The number of hydrogen-bond donors (Lipinski definition) is 1. The molecular weight excluding hydrogens is 282 g/mol. The number of carboxylic acid groups (broad SMARTS) is 1. The van der Waals surface area contributed by atoms with Gasteiger partial charge in [0.2, 0.25) is 0 Å². The van der Waals surface area contributed by atoms with Crippen molar-refractivity contribution >= 4 is 11.8 Å². The topological polar surface area (TPSA) is 75.5 Å². The molecule has 1 aromatic heterocycles. The minimum atomic E-state index is -1.05. The van der Waals surface area contributed by atoms with Crippen molar-refractivity contribution in [3.8, 4) is 11.4 Å². The largest absolute Gasteiger partial charge is 0.477 e. The van der Waals surface area contributed by atoms with Crippen molar-refractivity contribution in [1.29, 1.82) is 0 Å². The third-order valence-corrected chi connectivity index (χ3v) is 3.65. The second-order valence-electron chi connectivity index (χ2n) is 5.15. The second kappa shape index (κ2) is 6.11. The number of carboxylic acids is 1. The smallest absolute Gasteiger partial charge is 0.354 e. The molecule has 0 spiro atoms. The van der Waals surface area contributed by atoms with Crippen molar-refractivity contribution in [2.75, 3.05) is 31.2 Å². The summed E-state index contributed by atoms with van der Waals surface area (Å²) in [4.78, 5) is 22.2. The van der Waals surface area contributed by atoms with Crippen molar-refractivity contribution in [3.05, 3.63) is 41.6 Å². The van der Waals surface area contributed by atoms with E-state index in [0.717, 1.165) is 11.1 Å². The fourth-order valence-electron chi connectivity index (χ4n) is 2.44. The van der Waals surface area contributed by atoms with Gasteiger partial charge in [-0.15, -0.1) is 0 Å². The van der Waals surface area contributed by atoms with Gasteiger partial charge in [-0.2, -0.15) is 0 Å². The number of carbonyl (C=O) groups is 1. The maximum absolute atomic E-state index is 11.4. The van der Waals surface area contributed by atoms with Crippen LogP contribution in [0, 0.1) is 6.92 Å². The van der Waals surface area contributed by atoms with Crippen LogP contribution in [-0.4, -0.2) is 47.3 Å². The number of benzene rings is 1. The highest BCUT2D eigenvalue weighted by Gasteiger charge is 2.18. The van der Waals surface area contributed by atoms with Crippen LogP contribution < -0.4 is 4.90 Å². The summed E-state index contributed by atoms with van der Waals surface area (Å²) >= 11 is 0. The summed E-state index contributed by atoms with van der Waals surface area (Å²) in [5, 5.41) is 9.31. The fraction of sp³-hybridized carbons (Fsp3) is 0.312. The van der Waals surface area contributed by atoms with Crippen molar-refractivity contribution < 1.29 is 14.6 Å². The van der Waals surface area contributed by atoms with E-state index in [-0.39, 0.29) is 5.69 Å². The Morgan fingerprint density at radius 1 is 1.23 bits per heavy atom. The summed E-state index contributed by atoms with van der Waals surface area (Å²) in [5.41, 5.74) is 1.87. The lowest BCUT2D eigenvalue weighted by Gasteiger charge is -2.28. The third-order valence-electron chi connectivity index (χ3n) is 3.65. The van der Waals surface area contributed by atoms with Gasteiger partial charge in [-0.1, -0.05) is 24.3 Å². The maximum atomic E-state index is 11.4. The molecule has 0 aliphatic carbocycles. The molecule has 1 aliphatic heterocycles. The molecular formula is C16H17N3O3. The standard InChI is InChI=1S/C16H17N3O3/c1-11-4-2-3-5-12(11)15-17-13(16(20)21)10-14(18-15)19-6-8-22-9-7-19/h2-5,10H,6-9H2,1H3,(H,20,21). The van der Waals surface area contributed by atoms with E-state index in [9.17, 15) is 9.90 Å². The van der Waals surface area contributed by atoms with Crippen molar-refractivity contribution in [2.24, 2.45) is 0 Å². The molecule has 0 atom stereocenters. The molecule has 1 saturated heterocycles. The number of morpholine rings is 1. The molecule has 1 N–H and O–H groups in total. The minimum Gasteiger partial charge on any atom is -0.477 e. The lowest BCUT2D eigenvalue weighted by atomic mass is 10.1. The van der Waals surface area contributed by atoms with Gasteiger partial charge in [0.15, 0.2) is 11.5 Å². The van der Waals surface area contributed by atoms with Gasteiger partial charge in [0.1, 0.15) is 5.82 Å². The summed E-state index contributed by atoms with van der Waals surface area (Å²) in [5.74, 6) is 0.0280. The van der Waals surface area contributed by atoms with E-state index in [4.69, 9.17) is 4.74 Å². The first-order valence-corrected chi connectivity index (χ1v) is 7.16. The monoisotopic (exact) mass is 299 g/mol. The zero-order valence-electron chi connectivity index (χ0n) is 12.3. The first-order chi connectivity index (χ1) is 10.6. The summed E-state index contributed by atoms with van der Waals surface area (Å²) < 4.78 is 5.33. The first-order valence-electron chi connectivity index (χ1n) is 7.16. The molecule has 0 saturated carbocycles. The Bertz CT molecular complexity index is 697. The van der Waals surface area contributed by atoms with E-state index >= 15 is 0 Å². The Balaban J connectivity index is 2.08. The van der Waals surface area contributed by atoms with Crippen molar-refractivity contribution in [1.82, 2.24) is 9.97 Å². The first kappa shape index (κ1) is 14.5. The predicted octanol–water partition coefficient (Wildman–Crippen LogP) is 1.99. The molecule has 0 unspecified atom stereocenters. The average Bonchev–Trinajstić information content (AvgIpc) is 2.55. The number of anilines is 1. The van der Waals surface area contributed by atoms with Crippen molar-refractivity contribution in [2.45, 2.75) is 6.92 Å². The quantitative estimate of drug-likeness (QED) is 0.934. The zero-order valence-corrected chi connectivity index (χ0v) is 12.3. The molecule has 3 rings (SSSR count). The third kappa shape index (κ3) is 2.92. The molecule has 2 heterocycles. The normalized spacial score (nSPS) is 14.9. The van der Waals surface area contributed by atoms with E-state index in [0.29, 0.717) is 37.9 Å². The molecule has 1 aliphatic rings. The zero-order chi connectivity index (χ0) is 15.5. The molecule has 114 valence electrons. The molecule has 0 amide bonds. The van der Waals surface area contributed by atoms with Crippen LogP contribution in [-0.2, 0) is 4.74 Å². The molecule has 0 bridgehead atoms. The number of hydrogen-bond acceptors (Lipinski definition) is 5. The molecule has 6 nitrogen and oxygen atoms in total. The molecule has 1 fully saturated rings. The summed E-state index contributed by atoms with van der Waals surface area (Å²) in [6, 6.07) is 9.21. The van der Waals surface area contributed by atoms with Gasteiger partial charge in [0.25, 0.3) is 0 Å². The van der Waals surface area contributed by atoms with Crippen LogP contribution in [0.25, 0.3) is 11.4 Å². The van der Waals surface area contributed by atoms with Gasteiger partial charge >= 0.3 is 5.97 Å². The summed E-state index contributed by atoms with van der Waals surface area (Å²) in [6.45, 7) is 4.59. The van der Waals surface area contributed by atoms with E-state index in [1.807, 2.05) is 36.1 Å². The number of aromatic carboxylic acids is 1. The average molecular weight is 299 g/mol. The highest BCUT2D eigenvalue weighted by molar-refractivity contribution is 5.87. The SMILES string of the molecule is Cc1ccccc1-c1nc(C(=O)O)cc(N2CCOCC2)n1. The van der Waals surface area contributed by atoms with Crippen LogP contribution in [0.3, 0.4) is 0 Å². The maximum Gasteiger partial charge on any atom is 0.354 e. The van der Waals surface area contributed by atoms with Crippen LogP contribution in [0.1, 0.15) is 16.1 Å². The number of aromatic nitrogens is 2. The molecule has 1 aromatic carbocycles. The van der Waals surface area contributed by atoms with Gasteiger partial charge in [-0.05, 0) is 12.5 Å². The molecule has 22 heavy (non-hydrogen) atoms. The Labute approximate surface area is 128 Å². The lowest BCUT2D eigenvalue weighted by Crippen LogP contribution is -2.37. The Hall–Kier alpha value is -2.47. The number of rotatable bonds is 3. The molecule has 2 aromatic rings. The van der Waals surface area contributed by atoms with Crippen LogP contribution in [0.4, 0.5) is 5.82 Å². The second-order valence-corrected chi connectivity index (χ2v) is 5.15. The van der Waals surface area contributed by atoms with E-state index in [2.05, 4.69) is 9.97 Å². The Morgan fingerprint density at radius 2 is 1.95 bits per heavy atom. The number of nitrogens with zero attached hydrogens (tertiary/aromatic N) is 3. The lowest BCUT2D eigenvalue weighted by molar-refractivity contribution is 0.0690. The fourth-order valence-corrected chi connectivity index (χ4v) is 2.44. The Kier molecular flexibility index (Phi) is 4.02. The predicted molar refractivity (Wildman–Crippen MR) is 82.2 cm³/mol. The number of ether oxygens (including phenoxy) is 1. The Morgan fingerprint density at radius 3 is 2.64 bits per heavy atom. The van der Waals surface area contributed by atoms with Crippen LogP contribution >= 0.6 is 0 Å². The minimum absolute atomic E-state index is 0.00902. The summed E-state index contributed by atoms with van der Waals surface area (Å²) in [7, 11) is 0. The van der Waals surface area contributed by atoms with Gasteiger partial charge < -0.3 is 14.7 Å². The van der Waals surface area contributed by atoms with Gasteiger partial charge in [-0.25, -0.2) is 14.8 Å². The highest BCUT2D eigenvalue weighted by atomic mass is 16.5. The van der Waals surface area contributed by atoms with Crippen LogP contribution in [0.5, 0.6) is 0 Å². The van der Waals surface area contributed by atoms with Crippen LogP contribution in [0.15, 0.2) is 30.3 Å². The highest BCUT2D eigenvalue weighted by Crippen LogP contribution is 2.23. The molecule has 0 radical (unpaired) electrons. The van der Waals surface area contributed by atoms with E-state index in [1.54, 1.807) is 0 Å². The van der Waals surface area contributed by atoms with Gasteiger partial charge in [0.05, 0.1) is 13.2 Å². The van der Waals surface area contributed by atoms with Gasteiger partial charge in [0, 0.05) is 24.7 Å². The van der Waals surface area contributed by atoms with Crippen LogP contribution in [0.2, 0.25) is 0 Å². The van der Waals surface area contributed by atoms with E-state index in [1.165, 1.54) is 6.07 Å². The van der Waals surface area contributed by atoms with Crippen molar-refractivity contribution in [3.63, 3.8) is 0 Å².